The fourth-order valence-electron chi connectivity index (χ4n) is 3.87. The van der Waals surface area contributed by atoms with Gasteiger partial charge in [0.1, 0.15) is 5.76 Å². The van der Waals surface area contributed by atoms with Crippen molar-refractivity contribution in [1.29, 1.82) is 0 Å². The van der Waals surface area contributed by atoms with Crippen molar-refractivity contribution in [3.05, 3.63) is 58.5 Å². The molecule has 4 rings (SSSR count). The zero-order chi connectivity index (χ0) is 17.2. The van der Waals surface area contributed by atoms with Gasteiger partial charge in [-0.3, -0.25) is 9.69 Å². The van der Waals surface area contributed by atoms with E-state index in [0.29, 0.717) is 6.54 Å². The Balaban J connectivity index is 1.41. The normalized spacial score (nSPS) is 18.3. The molecule has 1 N–H and O–H groups in total. The van der Waals surface area contributed by atoms with Crippen molar-refractivity contribution in [3.8, 4) is 0 Å². The van der Waals surface area contributed by atoms with E-state index in [1.54, 1.807) is 6.26 Å². The Morgan fingerprint density at radius 1 is 1.20 bits per heavy atom. The standard InChI is InChI=1S/C21H26N2O2/c1-15-19(9-12-25-15)14-22-21(24)18-6-5-16-7-10-23(20-3-2-4-20)11-8-17(16)13-18/h5-6,9,12-13,20H,2-4,7-8,10-11,14H2,1H3,(H,22,24). The van der Waals surface area contributed by atoms with Gasteiger partial charge in [-0.15, -0.1) is 0 Å². The lowest BCUT2D eigenvalue weighted by Gasteiger charge is -2.36. The van der Waals surface area contributed by atoms with Gasteiger partial charge in [0.25, 0.3) is 5.91 Å². The summed E-state index contributed by atoms with van der Waals surface area (Å²) in [4.78, 5) is 15.1. The highest BCUT2D eigenvalue weighted by Crippen LogP contribution is 2.27. The van der Waals surface area contributed by atoms with Gasteiger partial charge in [-0.1, -0.05) is 12.5 Å². The van der Waals surface area contributed by atoms with Gasteiger partial charge < -0.3 is 9.73 Å². The molecule has 0 saturated heterocycles. The molecule has 0 bridgehead atoms. The first-order chi connectivity index (χ1) is 12.2. The van der Waals surface area contributed by atoms with Crippen LogP contribution in [0.5, 0.6) is 0 Å². The second-order valence-electron chi connectivity index (χ2n) is 7.29. The maximum Gasteiger partial charge on any atom is 0.251 e. The molecule has 1 fully saturated rings. The first-order valence-corrected chi connectivity index (χ1v) is 9.38. The topological polar surface area (TPSA) is 45.5 Å². The van der Waals surface area contributed by atoms with Crippen molar-refractivity contribution in [2.24, 2.45) is 0 Å². The zero-order valence-electron chi connectivity index (χ0n) is 14.9. The van der Waals surface area contributed by atoms with Crippen molar-refractivity contribution < 1.29 is 9.21 Å². The van der Waals surface area contributed by atoms with E-state index < -0.39 is 0 Å². The van der Waals surface area contributed by atoms with Gasteiger partial charge in [0, 0.05) is 36.8 Å². The first-order valence-electron chi connectivity index (χ1n) is 9.38. The first kappa shape index (κ1) is 16.4. The number of furan rings is 1. The van der Waals surface area contributed by atoms with Crippen LogP contribution in [0.2, 0.25) is 0 Å². The Morgan fingerprint density at radius 2 is 2.00 bits per heavy atom. The minimum Gasteiger partial charge on any atom is -0.469 e. The van der Waals surface area contributed by atoms with Crippen LogP contribution >= 0.6 is 0 Å². The number of hydrogen-bond acceptors (Lipinski definition) is 3. The third kappa shape index (κ3) is 3.49. The highest BCUT2D eigenvalue weighted by atomic mass is 16.3. The van der Waals surface area contributed by atoms with Crippen LogP contribution in [-0.2, 0) is 19.4 Å². The van der Waals surface area contributed by atoms with Gasteiger partial charge in [0.15, 0.2) is 0 Å². The predicted octanol–water partition coefficient (Wildman–Crippen LogP) is 3.47. The number of nitrogens with zero attached hydrogens (tertiary/aromatic N) is 1. The van der Waals surface area contributed by atoms with Gasteiger partial charge in [0.2, 0.25) is 0 Å². The summed E-state index contributed by atoms with van der Waals surface area (Å²) in [5, 5.41) is 3.00. The van der Waals surface area contributed by atoms with Crippen LogP contribution in [0.1, 0.15) is 52.1 Å². The molecule has 1 aromatic carbocycles. The molecular weight excluding hydrogens is 312 g/mol. The summed E-state index contributed by atoms with van der Waals surface area (Å²) in [6, 6.07) is 8.92. The van der Waals surface area contributed by atoms with Crippen molar-refractivity contribution in [2.45, 2.75) is 51.6 Å². The van der Waals surface area contributed by atoms with Crippen molar-refractivity contribution >= 4 is 5.91 Å². The van der Waals surface area contributed by atoms with Crippen LogP contribution in [0, 0.1) is 6.92 Å². The summed E-state index contributed by atoms with van der Waals surface area (Å²) in [5.74, 6) is 0.849. The number of rotatable bonds is 4. The maximum atomic E-state index is 12.5. The molecule has 2 aliphatic rings. The molecule has 0 spiro atoms. The lowest BCUT2D eigenvalue weighted by atomic mass is 9.91. The lowest BCUT2D eigenvalue weighted by molar-refractivity contribution is 0.0950. The molecular formula is C21H26N2O2. The monoisotopic (exact) mass is 338 g/mol. The van der Waals surface area contributed by atoms with Gasteiger partial charge >= 0.3 is 0 Å². The van der Waals surface area contributed by atoms with E-state index in [-0.39, 0.29) is 5.91 Å². The molecule has 0 radical (unpaired) electrons. The number of aryl methyl sites for hydroxylation is 1. The molecule has 1 aromatic heterocycles. The fourth-order valence-corrected chi connectivity index (χ4v) is 3.87. The molecule has 1 aliphatic carbocycles. The number of fused-ring (bicyclic) bond motifs is 1. The molecule has 2 aromatic rings. The van der Waals surface area contributed by atoms with Crippen LogP contribution in [0.25, 0.3) is 0 Å². The van der Waals surface area contributed by atoms with E-state index in [1.165, 1.54) is 30.4 Å². The molecule has 4 heteroatoms. The third-order valence-corrected chi connectivity index (χ3v) is 5.80. The number of nitrogens with one attached hydrogen (secondary N) is 1. The van der Waals surface area contributed by atoms with E-state index >= 15 is 0 Å². The van der Waals surface area contributed by atoms with E-state index in [2.05, 4.69) is 22.3 Å². The summed E-state index contributed by atoms with van der Waals surface area (Å²) in [6.45, 7) is 4.70. The predicted molar refractivity (Wildman–Crippen MR) is 97.7 cm³/mol. The minimum atomic E-state index is -0.0107. The van der Waals surface area contributed by atoms with Crippen LogP contribution < -0.4 is 5.32 Å². The smallest absolute Gasteiger partial charge is 0.251 e. The highest BCUT2D eigenvalue weighted by Gasteiger charge is 2.26. The van der Waals surface area contributed by atoms with E-state index in [1.807, 2.05) is 19.1 Å². The van der Waals surface area contributed by atoms with Crippen molar-refractivity contribution in [3.63, 3.8) is 0 Å². The molecule has 1 aliphatic heterocycles. The van der Waals surface area contributed by atoms with Crippen LogP contribution in [-0.4, -0.2) is 29.9 Å². The van der Waals surface area contributed by atoms with Crippen LogP contribution in [0.4, 0.5) is 0 Å². The number of carbonyl (C=O) groups excluding carboxylic acids is 1. The summed E-state index contributed by atoms with van der Waals surface area (Å²) >= 11 is 0. The number of benzene rings is 1. The molecule has 0 unspecified atom stereocenters. The second-order valence-corrected chi connectivity index (χ2v) is 7.29. The Labute approximate surface area is 149 Å². The number of hydrogen-bond donors (Lipinski definition) is 1. The molecule has 0 atom stereocenters. The third-order valence-electron chi connectivity index (χ3n) is 5.80. The average Bonchev–Trinajstić information content (AvgIpc) is 2.87. The summed E-state index contributed by atoms with van der Waals surface area (Å²) in [7, 11) is 0. The number of amides is 1. The molecule has 2 heterocycles. The fraction of sp³-hybridized carbons (Fsp3) is 0.476. The zero-order valence-corrected chi connectivity index (χ0v) is 14.9. The highest BCUT2D eigenvalue weighted by molar-refractivity contribution is 5.94. The Kier molecular flexibility index (Phi) is 4.62. The van der Waals surface area contributed by atoms with Crippen molar-refractivity contribution in [2.75, 3.05) is 13.1 Å². The molecule has 4 nitrogen and oxygen atoms in total. The minimum absolute atomic E-state index is 0.0107. The van der Waals surface area contributed by atoms with Gasteiger partial charge in [-0.2, -0.15) is 0 Å². The largest absolute Gasteiger partial charge is 0.469 e. The maximum absolute atomic E-state index is 12.5. The summed E-state index contributed by atoms with van der Waals surface area (Å²) in [5.41, 5.74) is 4.54. The van der Waals surface area contributed by atoms with Gasteiger partial charge in [-0.25, -0.2) is 0 Å². The molecule has 1 saturated carbocycles. The van der Waals surface area contributed by atoms with Gasteiger partial charge in [-0.05, 0) is 61.9 Å². The Hall–Kier alpha value is -2.07. The quantitative estimate of drug-likeness (QED) is 0.928. The SMILES string of the molecule is Cc1occc1CNC(=O)c1ccc2c(c1)CCN(C1CCC1)CC2. The van der Waals surface area contributed by atoms with Crippen LogP contribution in [0.3, 0.4) is 0 Å². The summed E-state index contributed by atoms with van der Waals surface area (Å²) < 4.78 is 5.28. The van der Waals surface area contributed by atoms with E-state index in [9.17, 15) is 4.79 Å². The Morgan fingerprint density at radius 3 is 2.68 bits per heavy atom. The van der Waals surface area contributed by atoms with Crippen molar-refractivity contribution in [1.82, 2.24) is 10.2 Å². The lowest BCUT2D eigenvalue weighted by Crippen LogP contribution is -2.41. The van der Waals surface area contributed by atoms with Gasteiger partial charge in [0.05, 0.1) is 6.26 Å². The second kappa shape index (κ2) is 7.04. The number of carbonyl (C=O) groups is 1. The van der Waals surface area contributed by atoms with E-state index in [0.717, 1.165) is 48.9 Å². The van der Waals surface area contributed by atoms with E-state index in [4.69, 9.17) is 4.42 Å². The van der Waals surface area contributed by atoms with Crippen LogP contribution in [0.15, 0.2) is 34.9 Å². The summed E-state index contributed by atoms with van der Waals surface area (Å²) in [6.07, 6.45) is 7.91. The average molecular weight is 338 g/mol. The molecule has 25 heavy (non-hydrogen) atoms. The molecule has 132 valence electrons. The molecule has 1 amide bonds. The Bertz CT molecular complexity index is 761.